The number of aromatic nitrogens is 3. The Bertz CT molecular complexity index is 999. The fraction of sp³-hybridized carbons (Fsp3) is 0.294. The third kappa shape index (κ3) is 3.19. The molecule has 5 atom stereocenters. The lowest BCUT2D eigenvalue weighted by Crippen LogP contribution is -2.34. The predicted molar refractivity (Wildman–Crippen MR) is 99.9 cm³/mol. The van der Waals surface area contributed by atoms with E-state index in [4.69, 9.17) is 39.5 Å². The summed E-state index contributed by atoms with van der Waals surface area (Å²) in [6, 6.07) is 6.29. The molecule has 27 heavy (non-hydrogen) atoms. The maximum atomic E-state index is 10.6. The molecule has 0 amide bonds. The van der Waals surface area contributed by atoms with E-state index in [-0.39, 0.29) is 10.2 Å². The number of aliphatic hydroxyl groups excluding tert-OH is 3. The molecule has 3 N–H and O–H groups in total. The van der Waals surface area contributed by atoms with Gasteiger partial charge in [0.2, 0.25) is 0 Å². The molecule has 1 saturated heterocycles. The standard InChI is InChI=1S/C17H14Cl3N3O4/c18-9-2-1-7(5-10(9)19)11(24)14-12(25)13(26)17(27-14)23-4-3-8-15(20)21-6-22-16(8)23/h1-6,11-14,17,24-26H/t11?,12-,13+,14+,17+/m0/s1. The third-order valence-corrected chi connectivity index (χ3v) is 5.65. The largest absolute Gasteiger partial charge is 0.387 e. The van der Waals surface area contributed by atoms with E-state index in [1.807, 2.05) is 0 Å². The van der Waals surface area contributed by atoms with Gasteiger partial charge < -0.3 is 24.6 Å². The SMILES string of the molecule is OC(c1ccc(Cl)c(Cl)c1)[C@H]1O[C@@H](n2ccc3c(Cl)ncnc32)[C@H](O)[C@@H]1O. The van der Waals surface area contributed by atoms with Gasteiger partial charge in [0.05, 0.1) is 15.4 Å². The molecular weight excluding hydrogens is 417 g/mol. The van der Waals surface area contributed by atoms with Crippen LogP contribution in [0.3, 0.4) is 0 Å². The minimum Gasteiger partial charge on any atom is -0.387 e. The lowest BCUT2D eigenvalue weighted by atomic mass is 9.99. The van der Waals surface area contributed by atoms with E-state index < -0.39 is 30.6 Å². The van der Waals surface area contributed by atoms with Crippen molar-refractivity contribution in [2.24, 2.45) is 0 Å². The van der Waals surface area contributed by atoms with Crippen LogP contribution in [0.1, 0.15) is 17.9 Å². The van der Waals surface area contributed by atoms with E-state index in [0.29, 0.717) is 21.6 Å². The molecule has 1 aliphatic rings. The van der Waals surface area contributed by atoms with E-state index in [1.165, 1.54) is 18.5 Å². The summed E-state index contributed by atoms with van der Waals surface area (Å²) >= 11 is 17.9. The summed E-state index contributed by atoms with van der Waals surface area (Å²) in [5.41, 5.74) is 0.847. The summed E-state index contributed by atoms with van der Waals surface area (Å²) in [5.74, 6) is 0. The van der Waals surface area contributed by atoms with Crippen LogP contribution in [0.15, 0.2) is 36.8 Å². The van der Waals surface area contributed by atoms with Crippen LogP contribution in [-0.4, -0.2) is 48.2 Å². The summed E-state index contributed by atoms with van der Waals surface area (Å²) in [5, 5.41) is 33.0. The smallest absolute Gasteiger partial charge is 0.164 e. The zero-order chi connectivity index (χ0) is 19.3. The normalized spacial score (nSPS) is 26.6. The summed E-state index contributed by atoms with van der Waals surface area (Å²) in [6.45, 7) is 0. The van der Waals surface area contributed by atoms with E-state index >= 15 is 0 Å². The fourth-order valence-corrected chi connectivity index (χ4v) is 3.71. The Morgan fingerprint density at radius 1 is 1.04 bits per heavy atom. The molecular formula is C17H14Cl3N3O4. The zero-order valence-electron chi connectivity index (χ0n) is 13.6. The molecule has 142 valence electrons. The van der Waals surface area contributed by atoms with Gasteiger partial charge in [0.25, 0.3) is 0 Å². The van der Waals surface area contributed by atoms with Crippen LogP contribution in [0.4, 0.5) is 0 Å². The molecule has 0 aliphatic carbocycles. The first-order chi connectivity index (χ1) is 12.9. The first kappa shape index (κ1) is 18.9. The minimum absolute atomic E-state index is 0.263. The van der Waals surface area contributed by atoms with Gasteiger partial charge in [0, 0.05) is 6.20 Å². The van der Waals surface area contributed by atoms with Crippen molar-refractivity contribution in [3.05, 3.63) is 57.6 Å². The summed E-state index contributed by atoms with van der Waals surface area (Å²) < 4.78 is 7.34. The first-order valence-electron chi connectivity index (χ1n) is 8.00. The van der Waals surface area contributed by atoms with Gasteiger partial charge in [0.15, 0.2) is 6.23 Å². The van der Waals surface area contributed by atoms with Crippen molar-refractivity contribution < 1.29 is 20.1 Å². The highest BCUT2D eigenvalue weighted by Crippen LogP contribution is 2.38. The molecule has 3 aromatic rings. The van der Waals surface area contributed by atoms with Crippen molar-refractivity contribution in [3.8, 4) is 0 Å². The van der Waals surface area contributed by atoms with Gasteiger partial charge in [-0.05, 0) is 23.8 Å². The second-order valence-corrected chi connectivity index (χ2v) is 7.39. The summed E-state index contributed by atoms with van der Waals surface area (Å²) in [7, 11) is 0. The second kappa shape index (κ2) is 7.18. The van der Waals surface area contributed by atoms with Crippen molar-refractivity contribution in [1.29, 1.82) is 0 Å². The molecule has 0 bridgehead atoms. The zero-order valence-corrected chi connectivity index (χ0v) is 15.8. The van der Waals surface area contributed by atoms with E-state index in [0.717, 1.165) is 0 Å². The highest BCUT2D eigenvalue weighted by atomic mass is 35.5. The van der Waals surface area contributed by atoms with Gasteiger partial charge in [-0.15, -0.1) is 0 Å². The van der Waals surface area contributed by atoms with Crippen molar-refractivity contribution in [2.45, 2.75) is 30.6 Å². The minimum atomic E-state index is -1.34. The van der Waals surface area contributed by atoms with E-state index in [9.17, 15) is 15.3 Å². The molecule has 1 aromatic carbocycles. The topological polar surface area (TPSA) is 101 Å². The Kier molecular flexibility index (Phi) is 5.02. The second-order valence-electron chi connectivity index (χ2n) is 6.22. The molecule has 7 nitrogen and oxygen atoms in total. The van der Waals surface area contributed by atoms with Crippen LogP contribution in [0.5, 0.6) is 0 Å². The number of fused-ring (bicyclic) bond motifs is 1. The van der Waals surface area contributed by atoms with Gasteiger partial charge >= 0.3 is 0 Å². The van der Waals surface area contributed by atoms with Gasteiger partial charge in [-0.1, -0.05) is 40.9 Å². The monoisotopic (exact) mass is 429 g/mol. The Hall–Kier alpha value is -1.45. The summed E-state index contributed by atoms with van der Waals surface area (Å²) in [6.07, 6.45) is -3.00. The summed E-state index contributed by atoms with van der Waals surface area (Å²) in [4.78, 5) is 8.06. The number of nitrogens with zero attached hydrogens (tertiary/aromatic N) is 3. The van der Waals surface area contributed by atoms with Gasteiger partial charge in [-0.3, -0.25) is 0 Å². The van der Waals surface area contributed by atoms with Crippen molar-refractivity contribution in [2.75, 3.05) is 0 Å². The number of aliphatic hydroxyl groups is 3. The van der Waals surface area contributed by atoms with E-state index in [1.54, 1.807) is 22.9 Å². The number of halogens is 3. The Morgan fingerprint density at radius 3 is 2.56 bits per heavy atom. The van der Waals surface area contributed by atoms with Crippen molar-refractivity contribution in [3.63, 3.8) is 0 Å². The van der Waals surface area contributed by atoms with Gasteiger partial charge in [0.1, 0.15) is 41.5 Å². The molecule has 2 aromatic heterocycles. The van der Waals surface area contributed by atoms with Crippen LogP contribution in [0.2, 0.25) is 15.2 Å². The van der Waals surface area contributed by atoms with E-state index in [2.05, 4.69) is 9.97 Å². The molecule has 1 unspecified atom stereocenters. The lowest BCUT2D eigenvalue weighted by molar-refractivity contribution is -0.0848. The number of hydrogen-bond acceptors (Lipinski definition) is 6. The number of rotatable bonds is 3. The first-order valence-corrected chi connectivity index (χ1v) is 9.13. The highest BCUT2D eigenvalue weighted by Gasteiger charge is 2.47. The molecule has 3 heterocycles. The van der Waals surface area contributed by atoms with Crippen LogP contribution in [0.25, 0.3) is 11.0 Å². The van der Waals surface area contributed by atoms with Crippen molar-refractivity contribution in [1.82, 2.24) is 14.5 Å². The third-order valence-electron chi connectivity index (χ3n) is 4.61. The Labute approximate surface area is 168 Å². The number of benzene rings is 1. The maximum absolute atomic E-state index is 10.6. The van der Waals surface area contributed by atoms with Crippen LogP contribution >= 0.6 is 34.8 Å². The van der Waals surface area contributed by atoms with Crippen molar-refractivity contribution >= 4 is 45.8 Å². The average molecular weight is 431 g/mol. The van der Waals surface area contributed by atoms with Gasteiger partial charge in [-0.2, -0.15) is 0 Å². The van der Waals surface area contributed by atoms with Crippen LogP contribution < -0.4 is 0 Å². The molecule has 4 rings (SSSR count). The molecule has 0 saturated carbocycles. The Morgan fingerprint density at radius 2 is 1.81 bits per heavy atom. The number of hydrogen-bond donors (Lipinski definition) is 3. The highest BCUT2D eigenvalue weighted by molar-refractivity contribution is 6.42. The average Bonchev–Trinajstić information content (AvgIpc) is 3.20. The Balaban J connectivity index is 1.66. The van der Waals surface area contributed by atoms with Crippen LogP contribution in [-0.2, 0) is 4.74 Å². The molecule has 1 fully saturated rings. The quantitative estimate of drug-likeness (QED) is 0.553. The molecule has 0 radical (unpaired) electrons. The molecule has 1 aliphatic heterocycles. The maximum Gasteiger partial charge on any atom is 0.164 e. The predicted octanol–water partition coefficient (Wildman–Crippen LogP) is 2.74. The van der Waals surface area contributed by atoms with Crippen LogP contribution in [0, 0.1) is 0 Å². The molecule has 0 spiro atoms. The molecule has 10 heteroatoms. The van der Waals surface area contributed by atoms with Gasteiger partial charge in [-0.25, -0.2) is 9.97 Å². The lowest BCUT2D eigenvalue weighted by Gasteiger charge is -2.21. The number of ether oxygens (including phenoxy) is 1. The fourth-order valence-electron chi connectivity index (χ4n) is 3.21.